The van der Waals surface area contributed by atoms with Crippen molar-refractivity contribution in [2.45, 2.75) is 32.4 Å². The first kappa shape index (κ1) is 8.52. The molecule has 0 bridgehead atoms. The van der Waals surface area contributed by atoms with Crippen LogP contribution in [0, 0.1) is 5.92 Å². The van der Waals surface area contributed by atoms with Gasteiger partial charge in [-0.1, -0.05) is 0 Å². The normalized spacial score (nSPS) is 38.0. The molecule has 2 nitrogen and oxygen atoms in total. The largest absolute Gasteiger partial charge is 0.301 e. The van der Waals surface area contributed by atoms with E-state index in [9.17, 15) is 0 Å². The predicted molar refractivity (Wildman–Crippen MR) is 51.2 cm³/mol. The lowest BCUT2D eigenvalue weighted by Crippen LogP contribution is -2.63. The Morgan fingerprint density at radius 2 is 2.00 bits per heavy atom. The zero-order valence-corrected chi connectivity index (χ0v) is 8.45. The van der Waals surface area contributed by atoms with Crippen molar-refractivity contribution in [1.82, 2.24) is 9.80 Å². The van der Waals surface area contributed by atoms with Gasteiger partial charge in [0.25, 0.3) is 0 Å². The Balaban J connectivity index is 1.91. The molecule has 0 aromatic rings. The first-order valence-electron chi connectivity index (χ1n) is 5.13. The minimum atomic E-state index is 0.736. The first-order valence-corrected chi connectivity index (χ1v) is 5.13. The molecule has 2 saturated heterocycles. The number of hydrogen-bond donors (Lipinski definition) is 0. The van der Waals surface area contributed by atoms with Crippen molar-refractivity contribution < 1.29 is 0 Å². The van der Waals surface area contributed by atoms with E-state index in [1.807, 2.05) is 0 Å². The minimum Gasteiger partial charge on any atom is -0.301 e. The molecule has 2 aliphatic rings. The summed E-state index contributed by atoms with van der Waals surface area (Å²) in [5, 5.41) is 0. The molecule has 2 heterocycles. The Labute approximate surface area is 75.5 Å². The zero-order valence-electron chi connectivity index (χ0n) is 8.45. The molecule has 0 aromatic heterocycles. The fourth-order valence-corrected chi connectivity index (χ4v) is 2.55. The van der Waals surface area contributed by atoms with Crippen LogP contribution in [-0.4, -0.2) is 48.6 Å². The quantitative estimate of drug-likeness (QED) is 0.577. The lowest BCUT2D eigenvalue weighted by Gasteiger charge is -2.53. The predicted octanol–water partition coefficient (Wildman–Crippen LogP) is 1.03. The van der Waals surface area contributed by atoms with Crippen LogP contribution in [0.25, 0.3) is 0 Å². The van der Waals surface area contributed by atoms with Crippen LogP contribution < -0.4 is 0 Å². The van der Waals surface area contributed by atoms with Crippen LogP contribution in [0.4, 0.5) is 0 Å². The molecule has 2 rings (SSSR count). The molecule has 0 radical (unpaired) electrons. The molecule has 70 valence electrons. The third-order valence-corrected chi connectivity index (χ3v) is 3.57. The van der Waals surface area contributed by atoms with Crippen molar-refractivity contribution in [2.24, 2.45) is 5.92 Å². The number of likely N-dealkylation sites (N-methyl/N-ethyl adjacent to an activating group) is 1. The fraction of sp³-hybridized carbons (Fsp3) is 1.00. The minimum absolute atomic E-state index is 0.736. The van der Waals surface area contributed by atoms with Gasteiger partial charge in [0.2, 0.25) is 0 Å². The summed E-state index contributed by atoms with van der Waals surface area (Å²) in [6, 6.07) is 1.61. The smallest absolute Gasteiger partial charge is 0.0261 e. The standard InChI is InChI=1S/C10H20N2/c1-8(2)12-5-4-9-6-11(3)10(9)7-12/h8-10H,4-7H2,1-3H3. The van der Waals surface area contributed by atoms with E-state index in [0.29, 0.717) is 0 Å². The SMILES string of the molecule is CC(C)N1CCC2CN(C)C2C1. The van der Waals surface area contributed by atoms with Gasteiger partial charge >= 0.3 is 0 Å². The Morgan fingerprint density at radius 3 is 2.58 bits per heavy atom. The van der Waals surface area contributed by atoms with E-state index in [4.69, 9.17) is 0 Å². The number of rotatable bonds is 1. The number of hydrogen-bond acceptors (Lipinski definition) is 2. The summed E-state index contributed by atoms with van der Waals surface area (Å²) in [6.45, 7) is 8.58. The number of nitrogens with zero attached hydrogens (tertiary/aromatic N) is 2. The summed E-state index contributed by atoms with van der Waals surface area (Å²) in [6.07, 6.45) is 1.42. The van der Waals surface area contributed by atoms with Gasteiger partial charge in [-0.25, -0.2) is 0 Å². The van der Waals surface area contributed by atoms with Crippen LogP contribution >= 0.6 is 0 Å². The molecular formula is C10H20N2. The summed E-state index contributed by atoms with van der Waals surface area (Å²) in [5.41, 5.74) is 0. The Kier molecular flexibility index (Phi) is 2.13. The zero-order chi connectivity index (χ0) is 8.72. The van der Waals surface area contributed by atoms with E-state index in [2.05, 4.69) is 30.7 Å². The van der Waals surface area contributed by atoms with E-state index >= 15 is 0 Å². The molecule has 0 saturated carbocycles. The third-order valence-electron chi connectivity index (χ3n) is 3.57. The molecule has 0 N–H and O–H groups in total. The highest BCUT2D eigenvalue weighted by molar-refractivity contribution is 4.95. The van der Waals surface area contributed by atoms with E-state index in [0.717, 1.165) is 18.0 Å². The summed E-state index contributed by atoms with van der Waals surface area (Å²) >= 11 is 0. The molecule has 2 heteroatoms. The van der Waals surface area contributed by atoms with Gasteiger partial charge in [-0.2, -0.15) is 0 Å². The fourth-order valence-electron chi connectivity index (χ4n) is 2.55. The molecule has 0 aromatic carbocycles. The second-order valence-corrected chi connectivity index (χ2v) is 4.64. The average molecular weight is 168 g/mol. The Hall–Kier alpha value is -0.0800. The molecule has 2 fully saturated rings. The van der Waals surface area contributed by atoms with Crippen molar-refractivity contribution >= 4 is 0 Å². The van der Waals surface area contributed by atoms with Crippen LogP contribution in [0.5, 0.6) is 0 Å². The van der Waals surface area contributed by atoms with Crippen molar-refractivity contribution in [3.8, 4) is 0 Å². The van der Waals surface area contributed by atoms with Crippen molar-refractivity contribution in [2.75, 3.05) is 26.7 Å². The van der Waals surface area contributed by atoms with Gasteiger partial charge in [-0.15, -0.1) is 0 Å². The van der Waals surface area contributed by atoms with Crippen LogP contribution in [0.15, 0.2) is 0 Å². The van der Waals surface area contributed by atoms with Crippen molar-refractivity contribution in [3.63, 3.8) is 0 Å². The van der Waals surface area contributed by atoms with Gasteiger partial charge in [0.1, 0.15) is 0 Å². The highest BCUT2D eigenvalue weighted by Crippen LogP contribution is 2.31. The molecule has 2 aliphatic heterocycles. The number of piperidine rings is 1. The maximum Gasteiger partial charge on any atom is 0.0261 e. The lowest BCUT2D eigenvalue weighted by atomic mass is 9.82. The number of likely N-dealkylation sites (tertiary alicyclic amines) is 2. The molecule has 0 spiro atoms. The average Bonchev–Trinajstić information content (AvgIpc) is 2.02. The second kappa shape index (κ2) is 3.00. The Morgan fingerprint density at radius 1 is 1.25 bits per heavy atom. The monoisotopic (exact) mass is 168 g/mol. The van der Waals surface area contributed by atoms with Crippen molar-refractivity contribution in [1.29, 1.82) is 0 Å². The molecule has 12 heavy (non-hydrogen) atoms. The van der Waals surface area contributed by atoms with Crippen LogP contribution in [0.1, 0.15) is 20.3 Å². The van der Waals surface area contributed by atoms with Gasteiger partial charge in [0.15, 0.2) is 0 Å². The molecule has 2 unspecified atom stereocenters. The summed E-state index contributed by atoms with van der Waals surface area (Å²) in [7, 11) is 2.25. The summed E-state index contributed by atoms with van der Waals surface area (Å²) < 4.78 is 0. The van der Waals surface area contributed by atoms with Gasteiger partial charge < -0.3 is 4.90 Å². The topological polar surface area (TPSA) is 6.48 Å². The van der Waals surface area contributed by atoms with E-state index in [1.54, 1.807) is 0 Å². The van der Waals surface area contributed by atoms with Gasteiger partial charge in [-0.05, 0) is 39.8 Å². The maximum absolute atomic E-state index is 2.61. The maximum atomic E-state index is 2.61. The highest BCUT2D eigenvalue weighted by Gasteiger charge is 2.40. The molecule has 0 amide bonds. The van der Waals surface area contributed by atoms with E-state index in [-0.39, 0.29) is 0 Å². The molecule has 2 atom stereocenters. The van der Waals surface area contributed by atoms with E-state index in [1.165, 1.54) is 26.1 Å². The van der Waals surface area contributed by atoms with Gasteiger partial charge in [0.05, 0.1) is 0 Å². The molecular weight excluding hydrogens is 148 g/mol. The molecule has 0 aliphatic carbocycles. The van der Waals surface area contributed by atoms with Crippen LogP contribution in [0.2, 0.25) is 0 Å². The van der Waals surface area contributed by atoms with Gasteiger partial charge in [-0.3, -0.25) is 4.90 Å². The van der Waals surface area contributed by atoms with Crippen molar-refractivity contribution in [3.05, 3.63) is 0 Å². The number of fused-ring (bicyclic) bond motifs is 1. The van der Waals surface area contributed by atoms with Gasteiger partial charge in [0, 0.05) is 25.2 Å². The Bertz CT molecular complexity index is 162. The van der Waals surface area contributed by atoms with E-state index < -0.39 is 0 Å². The van der Waals surface area contributed by atoms with Crippen LogP contribution in [0.3, 0.4) is 0 Å². The highest BCUT2D eigenvalue weighted by atomic mass is 15.3. The lowest BCUT2D eigenvalue weighted by molar-refractivity contribution is -0.0345. The van der Waals surface area contributed by atoms with Crippen LogP contribution in [-0.2, 0) is 0 Å². The third kappa shape index (κ3) is 1.27. The summed E-state index contributed by atoms with van der Waals surface area (Å²) in [5.74, 6) is 1.02. The summed E-state index contributed by atoms with van der Waals surface area (Å²) in [4.78, 5) is 5.11. The first-order chi connectivity index (χ1) is 5.68. The second-order valence-electron chi connectivity index (χ2n) is 4.64.